The SMILES string of the molecule is C=CC(=O)OOC.CC1C(=O)OCOC1=O. The summed E-state index contributed by atoms with van der Waals surface area (Å²) in [4.78, 5) is 38.8. The highest BCUT2D eigenvalue weighted by Crippen LogP contribution is 2.06. The van der Waals surface area contributed by atoms with Crippen LogP contribution in [-0.4, -0.2) is 31.8 Å². The van der Waals surface area contributed by atoms with E-state index in [9.17, 15) is 14.4 Å². The molecule has 0 amide bonds. The zero-order valence-electron chi connectivity index (χ0n) is 8.93. The predicted molar refractivity (Wildman–Crippen MR) is 49.5 cm³/mol. The molecule has 1 rings (SSSR count). The number of hydrogen-bond donors (Lipinski definition) is 0. The zero-order chi connectivity index (χ0) is 12.6. The van der Waals surface area contributed by atoms with Gasteiger partial charge >= 0.3 is 17.9 Å². The molecule has 0 radical (unpaired) electrons. The summed E-state index contributed by atoms with van der Waals surface area (Å²) in [6.07, 6.45) is 1.02. The second-order valence-corrected chi connectivity index (χ2v) is 2.54. The highest BCUT2D eigenvalue weighted by Gasteiger charge is 2.28. The van der Waals surface area contributed by atoms with E-state index >= 15 is 0 Å². The average Bonchev–Trinajstić information content (AvgIpc) is 2.27. The van der Waals surface area contributed by atoms with Crippen LogP contribution in [0.15, 0.2) is 12.7 Å². The summed E-state index contributed by atoms with van der Waals surface area (Å²) in [5.41, 5.74) is 0. The van der Waals surface area contributed by atoms with E-state index in [0.29, 0.717) is 0 Å². The molecular weight excluding hydrogens is 220 g/mol. The van der Waals surface area contributed by atoms with E-state index in [1.165, 1.54) is 14.0 Å². The van der Waals surface area contributed by atoms with Crippen LogP contribution in [-0.2, 0) is 33.6 Å². The van der Waals surface area contributed by atoms with Crippen LogP contribution < -0.4 is 0 Å². The molecule has 0 aromatic carbocycles. The molecule has 1 saturated heterocycles. The number of carbonyl (C=O) groups is 3. The van der Waals surface area contributed by atoms with Crippen molar-refractivity contribution in [2.45, 2.75) is 6.92 Å². The number of carbonyl (C=O) groups excluding carboxylic acids is 3. The van der Waals surface area contributed by atoms with Crippen LogP contribution in [0.4, 0.5) is 0 Å². The normalized spacial score (nSPS) is 15.1. The summed E-state index contributed by atoms with van der Waals surface area (Å²) in [5.74, 6) is -2.35. The Kier molecular flexibility index (Phi) is 6.53. The van der Waals surface area contributed by atoms with Crippen LogP contribution in [0, 0.1) is 5.92 Å². The predicted octanol–water partition coefficient (Wildman–Crippen LogP) is -0.0430. The fourth-order valence-corrected chi connectivity index (χ4v) is 0.608. The summed E-state index contributed by atoms with van der Waals surface area (Å²) in [6, 6.07) is 0. The number of cyclic esters (lactones) is 2. The third kappa shape index (κ3) is 5.11. The molecule has 1 aliphatic rings. The Morgan fingerprint density at radius 2 is 1.94 bits per heavy atom. The monoisotopic (exact) mass is 232 g/mol. The first-order valence-corrected chi connectivity index (χ1v) is 4.23. The second-order valence-electron chi connectivity index (χ2n) is 2.54. The van der Waals surface area contributed by atoms with Crippen LogP contribution in [0.3, 0.4) is 0 Å². The van der Waals surface area contributed by atoms with Crippen molar-refractivity contribution < 1.29 is 33.6 Å². The molecule has 7 nitrogen and oxygen atoms in total. The Morgan fingerprint density at radius 3 is 2.19 bits per heavy atom. The molecule has 0 N–H and O–H groups in total. The number of ether oxygens (including phenoxy) is 2. The minimum atomic E-state index is -0.751. The Labute approximate surface area is 91.8 Å². The molecule has 0 bridgehead atoms. The lowest BCUT2D eigenvalue weighted by Gasteiger charge is -2.15. The minimum absolute atomic E-state index is 0.234. The second kappa shape index (κ2) is 7.41. The summed E-state index contributed by atoms with van der Waals surface area (Å²) in [6.45, 7) is 4.34. The standard InChI is InChI=1S/C5H6O4.C4H6O3/c1-3-4(6)8-2-9-5(3)7;1-3-4(5)7-6-2/h3H,2H2,1H3;3H,1H2,2H3. The molecule has 0 spiro atoms. The Balaban J connectivity index is 0.000000293. The number of rotatable bonds is 2. The quantitative estimate of drug-likeness (QED) is 0.217. The fourth-order valence-electron chi connectivity index (χ4n) is 0.608. The van der Waals surface area contributed by atoms with Gasteiger partial charge in [-0.25, -0.2) is 4.79 Å². The van der Waals surface area contributed by atoms with Crippen molar-refractivity contribution in [2.24, 2.45) is 5.92 Å². The van der Waals surface area contributed by atoms with E-state index in [1.807, 2.05) is 0 Å². The highest BCUT2D eigenvalue weighted by atomic mass is 17.2. The van der Waals surface area contributed by atoms with Crippen LogP contribution in [0.2, 0.25) is 0 Å². The van der Waals surface area contributed by atoms with Crippen molar-refractivity contribution in [3.63, 3.8) is 0 Å². The van der Waals surface area contributed by atoms with Gasteiger partial charge in [0.1, 0.15) is 0 Å². The number of hydrogen-bond acceptors (Lipinski definition) is 7. The highest BCUT2D eigenvalue weighted by molar-refractivity contribution is 5.95. The molecular formula is C9H12O7. The van der Waals surface area contributed by atoms with Gasteiger partial charge in [-0.1, -0.05) is 6.58 Å². The van der Waals surface area contributed by atoms with Gasteiger partial charge in [0.15, 0.2) is 5.92 Å². The summed E-state index contributed by atoms with van der Waals surface area (Å²) in [5, 5.41) is 0. The van der Waals surface area contributed by atoms with Crippen molar-refractivity contribution in [3.8, 4) is 0 Å². The first-order chi connectivity index (χ1) is 7.52. The molecule has 0 aliphatic carbocycles. The van der Waals surface area contributed by atoms with E-state index in [4.69, 9.17) is 0 Å². The van der Waals surface area contributed by atoms with Gasteiger partial charge in [-0.15, -0.1) is 0 Å². The first-order valence-electron chi connectivity index (χ1n) is 4.23. The Hall–Kier alpha value is -1.89. The van der Waals surface area contributed by atoms with Gasteiger partial charge in [0.2, 0.25) is 6.79 Å². The van der Waals surface area contributed by atoms with E-state index < -0.39 is 23.8 Å². The van der Waals surface area contributed by atoms with Gasteiger partial charge in [-0.2, -0.15) is 4.89 Å². The van der Waals surface area contributed by atoms with E-state index in [0.717, 1.165) is 6.08 Å². The number of esters is 2. The van der Waals surface area contributed by atoms with Gasteiger partial charge in [-0.05, 0) is 6.92 Å². The van der Waals surface area contributed by atoms with Crippen molar-refractivity contribution in [2.75, 3.05) is 13.9 Å². The first kappa shape index (κ1) is 14.1. The molecule has 0 saturated carbocycles. The summed E-state index contributed by atoms with van der Waals surface area (Å²) >= 11 is 0. The zero-order valence-corrected chi connectivity index (χ0v) is 8.93. The lowest BCUT2D eigenvalue weighted by atomic mass is 10.2. The van der Waals surface area contributed by atoms with E-state index in [-0.39, 0.29) is 6.79 Å². The van der Waals surface area contributed by atoms with Gasteiger partial charge < -0.3 is 9.47 Å². The maximum atomic E-state index is 10.5. The molecule has 7 heteroatoms. The van der Waals surface area contributed by atoms with Crippen LogP contribution in [0.25, 0.3) is 0 Å². The van der Waals surface area contributed by atoms with Crippen molar-refractivity contribution in [1.29, 1.82) is 0 Å². The van der Waals surface area contributed by atoms with Crippen molar-refractivity contribution >= 4 is 17.9 Å². The van der Waals surface area contributed by atoms with Crippen LogP contribution >= 0.6 is 0 Å². The molecule has 16 heavy (non-hydrogen) atoms. The maximum absolute atomic E-state index is 10.5. The minimum Gasteiger partial charge on any atom is -0.427 e. The maximum Gasteiger partial charge on any atom is 0.365 e. The topological polar surface area (TPSA) is 88.1 Å². The average molecular weight is 232 g/mol. The van der Waals surface area contributed by atoms with Crippen LogP contribution in [0.5, 0.6) is 0 Å². The molecule has 0 aromatic heterocycles. The van der Waals surface area contributed by atoms with Gasteiger partial charge in [0.05, 0.1) is 7.11 Å². The van der Waals surface area contributed by atoms with Gasteiger partial charge in [0.25, 0.3) is 0 Å². The van der Waals surface area contributed by atoms with Gasteiger partial charge in [0, 0.05) is 6.08 Å². The van der Waals surface area contributed by atoms with E-state index in [1.54, 1.807) is 0 Å². The Morgan fingerprint density at radius 1 is 1.44 bits per heavy atom. The Bertz CT molecular complexity index is 268. The lowest BCUT2D eigenvalue weighted by Crippen LogP contribution is -2.32. The van der Waals surface area contributed by atoms with Crippen molar-refractivity contribution in [1.82, 2.24) is 0 Å². The summed E-state index contributed by atoms with van der Waals surface area (Å²) < 4.78 is 8.76. The smallest absolute Gasteiger partial charge is 0.365 e. The van der Waals surface area contributed by atoms with Crippen LogP contribution in [0.1, 0.15) is 6.92 Å². The molecule has 1 fully saturated rings. The molecule has 90 valence electrons. The third-order valence-corrected chi connectivity index (χ3v) is 1.44. The largest absolute Gasteiger partial charge is 0.427 e. The molecule has 1 heterocycles. The van der Waals surface area contributed by atoms with Crippen molar-refractivity contribution in [3.05, 3.63) is 12.7 Å². The molecule has 0 aromatic rings. The lowest BCUT2D eigenvalue weighted by molar-refractivity contribution is -0.249. The third-order valence-electron chi connectivity index (χ3n) is 1.44. The summed E-state index contributed by atoms with van der Waals surface area (Å²) in [7, 11) is 1.25. The molecule has 1 aliphatic heterocycles. The fraction of sp³-hybridized carbons (Fsp3) is 0.444. The van der Waals surface area contributed by atoms with Gasteiger partial charge in [-0.3, -0.25) is 14.5 Å². The molecule has 0 atom stereocenters. The van der Waals surface area contributed by atoms with E-state index in [2.05, 4.69) is 25.8 Å². The molecule has 0 unspecified atom stereocenters.